The molecule has 122 valence electrons. The van der Waals surface area contributed by atoms with E-state index in [0.29, 0.717) is 26.1 Å². The Balaban J connectivity index is 1.66. The van der Waals surface area contributed by atoms with E-state index >= 15 is 0 Å². The fraction of sp³-hybridized carbons (Fsp3) is 0.588. The molecule has 0 radical (unpaired) electrons. The first-order valence-electron chi connectivity index (χ1n) is 7.77. The first-order chi connectivity index (χ1) is 10.5. The van der Waals surface area contributed by atoms with Crippen molar-refractivity contribution in [1.29, 1.82) is 0 Å². The molecule has 3 nitrogen and oxygen atoms in total. The molecule has 0 spiro atoms. The molecule has 1 aromatic rings. The Bertz CT molecular complexity index is 469. The zero-order valence-electron chi connectivity index (χ0n) is 12.9. The van der Waals surface area contributed by atoms with E-state index in [9.17, 15) is 13.6 Å². The molecule has 0 unspecified atom stereocenters. The van der Waals surface area contributed by atoms with Crippen LogP contribution in [0.25, 0.3) is 0 Å². The van der Waals surface area contributed by atoms with E-state index in [2.05, 4.69) is 0 Å². The van der Waals surface area contributed by atoms with Gasteiger partial charge in [0.2, 0.25) is 0 Å². The third-order valence-corrected chi connectivity index (χ3v) is 4.09. The Morgan fingerprint density at radius 1 is 1.27 bits per heavy atom. The molecule has 0 aliphatic carbocycles. The highest BCUT2D eigenvalue weighted by Gasteiger charge is 2.33. The van der Waals surface area contributed by atoms with Gasteiger partial charge in [-0.3, -0.25) is 4.79 Å². The molecule has 22 heavy (non-hydrogen) atoms. The highest BCUT2D eigenvalue weighted by atomic mass is 19.3. The van der Waals surface area contributed by atoms with Gasteiger partial charge in [-0.2, -0.15) is 0 Å². The van der Waals surface area contributed by atoms with Gasteiger partial charge in [0.05, 0.1) is 5.92 Å². The Hall–Kier alpha value is -1.49. The van der Waals surface area contributed by atoms with Crippen LogP contribution < -0.4 is 0 Å². The minimum atomic E-state index is -2.52. The lowest BCUT2D eigenvalue weighted by molar-refractivity contribution is -0.149. The lowest BCUT2D eigenvalue weighted by Crippen LogP contribution is -2.40. The first kappa shape index (κ1) is 16.9. The molecular formula is C17H23F2NO2. The lowest BCUT2D eigenvalue weighted by Gasteiger charge is -2.32. The molecule has 0 aromatic heterocycles. The van der Waals surface area contributed by atoms with Gasteiger partial charge >= 0.3 is 5.97 Å². The fourth-order valence-electron chi connectivity index (χ4n) is 2.47. The van der Waals surface area contributed by atoms with Gasteiger partial charge in [0, 0.05) is 25.9 Å². The maximum absolute atomic E-state index is 13.1. The van der Waals surface area contributed by atoms with Crippen molar-refractivity contribution in [3.63, 3.8) is 0 Å². The number of ether oxygens (including phenoxy) is 1. The molecule has 1 saturated heterocycles. The van der Waals surface area contributed by atoms with Gasteiger partial charge in [0.1, 0.15) is 6.61 Å². The molecule has 1 heterocycles. The third kappa shape index (κ3) is 5.37. The van der Waals surface area contributed by atoms with Gasteiger partial charge in [-0.25, -0.2) is 8.78 Å². The maximum Gasteiger partial charge on any atom is 0.309 e. The van der Waals surface area contributed by atoms with Crippen LogP contribution in [-0.4, -0.2) is 36.4 Å². The molecule has 1 aliphatic heterocycles. The van der Waals surface area contributed by atoms with Gasteiger partial charge < -0.3 is 9.64 Å². The number of esters is 1. The van der Waals surface area contributed by atoms with Crippen LogP contribution in [0.2, 0.25) is 0 Å². The smallest absolute Gasteiger partial charge is 0.309 e. The second-order valence-electron chi connectivity index (χ2n) is 5.98. The summed E-state index contributed by atoms with van der Waals surface area (Å²) in [6, 6.07) is 9.53. The van der Waals surface area contributed by atoms with Crippen LogP contribution in [0.3, 0.4) is 0 Å². The van der Waals surface area contributed by atoms with E-state index in [4.69, 9.17) is 4.74 Å². The van der Waals surface area contributed by atoms with Crippen molar-refractivity contribution in [3.8, 4) is 0 Å². The second kappa shape index (κ2) is 7.68. The van der Waals surface area contributed by atoms with Gasteiger partial charge in [0.25, 0.3) is 5.92 Å². The number of carbonyl (C=O) groups excluding carboxylic acids is 1. The first-order valence-corrected chi connectivity index (χ1v) is 7.77. The summed E-state index contributed by atoms with van der Waals surface area (Å²) in [6.07, 6.45) is 0.471. The summed E-state index contributed by atoms with van der Waals surface area (Å²) in [5, 5.41) is 0. The predicted molar refractivity (Wildman–Crippen MR) is 80.6 cm³/mol. The maximum atomic E-state index is 13.1. The number of alkyl halides is 2. The third-order valence-electron chi connectivity index (χ3n) is 4.09. The van der Waals surface area contributed by atoms with Crippen LogP contribution in [0.15, 0.2) is 30.3 Å². The molecular weight excluding hydrogens is 288 g/mol. The zero-order valence-corrected chi connectivity index (χ0v) is 12.9. The molecule has 0 N–H and O–H groups in total. The number of nitrogens with zero attached hydrogens (tertiary/aromatic N) is 1. The van der Waals surface area contributed by atoms with Crippen molar-refractivity contribution in [2.45, 2.75) is 38.7 Å². The molecule has 1 fully saturated rings. The molecule has 2 rings (SSSR count). The van der Waals surface area contributed by atoms with Gasteiger partial charge in [-0.15, -0.1) is 0 Å². The Labute approximate surface area is 130 Å². The Morgan fingerprint density at radius 3 is 2.55 bits per heavy atom. The number of piperidine rings is 1. The van der Waals surface area contributed by atoms with E-state index in [-0.39, 0.29) is 31.3 Å². The van der Waals surface area contributed by atoms with Crippen molar-refractivity contribution in [2.24, 2.45) is 5.92 Å². The molecule has 1 aliphatic rings. The van der Waals surface area contributed by atoms with E-state index in [1.54, 1.807) is 0 Å². The summed E-state index contributed by atoms with van der Waals surface area (Å²) < 4.78 is 31.4. The zero-order chi connectivity index (χ0) is 16.0. The molecule has 5 heteroatoms. The number of likely N-dealkylation sites (tertiary alicyclic amines) is 1. The number of hydrogen-bond acceptors (Lipinski definition) is 3. The fourth-order valence-corrected chi connectivity index (χ4v) is 2.47. The van der Waals surface area contributed by atoms with E-state index in [0.717, 1.165) is 5.56 Å². The van der Waals surface area contributed by atoms with Crippen LogP contribution in [-0.2, 0) is 16.1 Å². The number of rotatable bonds is 6. The highest BCUT2D eigenvalue weighted by molar-refractivity contribution is 5.71. The highest BCUT2D eigenvalue weighted by Crippen LogP contribution is 2.27. The minimum Gasteiger partial charge on any atom is -0.461 e. The summed E-state index contributed by atoms with van der Waals surface area (Å²) in [4.78, 5) is 13.9. The van der Waals surface area contributed by atoms with Crippen LogP contribution in [0.1, 0.15) is 31.7 Å². The normalized spacial score (nSPS) is 19.6. The van der Waals surface area contributed by atoms with E-state index < -0.39 is 5.92 Å². The standard InChI is InChI=1S/C17H23F2NO2/c1-14(7-10-20-11-8-17(18,19)9-12-20)16(21)22-13-15-5-3-2-4-6-15/h2-6,14H,7-13H2,1H3/t14-/m0/s1. The second-order valence-corrected chi connectivity index (χ2v) is 5.98. The van der Waals surface area contributed by atoms with Crippen molar-refractivity contribution in [2.75, 3.05) is 19.6 Å². The average molecular weight is 311 g/mol. The van der Waals surface area contributed by atoms with Crippen LogP contribution in [0.5, 0.6) is 0 Å². The van der Waals surface area contributed by atoms with Gasteiger partial charge in [0.15, 0.2) is 0 Å². The average Bonchev–Trinajstić information content (AvgIpc) is 2.52. The largest absolute Gasteiger partial charge is 0.461 e. The minimum absolute atomic E-state index is 0.0835. The quantitative estimate of drug-likeness (QED) is 0.753. The van der Waals surface area contributed by atoms with Crippen LogP contribution in [0.4, 0.5) is 8.78 Å². The summed E-state index contributed by atoms with van der Waals surface area (Å²) in [5.74, 6) is -2.96. The number of carbonyl (C=O) groups is 1. The van der Waals surface area contributed by atoms with Crippen molar-refractivity contribution in [3.05, 3.63) is 35.9 Å². The summed E-state index contributed by atoms with van der Waals surface area (Å²) in [6.45, 7) is 3.57. The summed E-state index contributed by atoms with van der Waals surface area (Å²) >= 11 is 0. The Morgan fingerprint density at radius 2 is 1.91 bits per heavy atom. The number of benzene rings is 1. The monoisotopic (exact) mass is 311 g/mol. The van der Waals surface area contributed by atoms with E-state index in [1.807, 2.05) is 42.2 Å². The van der Waals surface area contributed by atoms with Crippen molar-refractivity contribution >= 4 is 5.97 Å². The summed E-state index contributed by atoms with van der Waals surface area (Å²) in [5.41, 5.74) is 0.960. The lowest BCUT2D eigenvalue weighted by atomic mass is 10.0. The van der Waals surface area contributed by atoms with E-state index in [1.165, 1.54) is 0 Å². The number of halogens is 2. The SMILES string of the molecule is C[C@@H](CCN1CCC(F)(F)CC1)C(=O)OCc1ccccc1. The molecule has 0 saturated carbocycles. The molecule has 1 aromatic carbocycles. The number of hydrogen-bond donors (Lipinski definition) is 0. The molecule has 1 atom stereocenters. The van der Waals surface area contributed by atoms with Gasteiger partial charge in [-0.05, 0) is 18.5 Å². The van der Waals surface area contributed by atoms with Crippen molar-refractivity contribution < 1.29 is 18.3 Å². The molecule has 0 bridgehead atoms. The van der Waals surface area contributed by atoms with Gasteiger partial charge in [-0.1, -0.05) is 37.3 Å². The van der Waals surface area contributed by atoms with Crippen molar-refractivity contribution in [1.82, 2.24) is 4.90 Å². The topological polar surface area (TPSA) is 29.5 Å². The summed E-state index contributed by atoms with van der Waals surface area (Å²) in [7, 11) is 0. The van der Waals surface area contributed by atoms with Crippen LogP contribution in [0, 0.1) is 5.92 Å². The molecule has 0 amide bonds. The Kier molecular flexibility index (Phi) is 5.89. The van der Waals surface area contributed by atoms with Crippen LogP contribution >= 0.6 is 0 Å². The predicted octanol–water partition coefficient (Wildman–Crippen LogP) is 3.49.